The van der Waals surface area contributed by atoms with E-state index in [1.165, 1.54) is 19.2 Å². The van der Waals surface area contributed by atoms with Gasteiger partial charge in [-0.05, 0) is 25.1 Å². The summed E-state index contributed by atoms with van der Waals surface area (Å²) in [5, 5.41) is 8.84. The summed E-state index contributed by atoms with van der Waals surface area (Å²) in [6.07, 6.45) is 1.68. The van der Waals surface area contributed by atoms with Crippen molar-refractivity contribution in [3.8, 4) is 5.75 Å². The number of halogens is 2. The zero-order valence-corrected chi connectivity index (χ0v) is 11.4. The number of carbonyl (C=O) groups is 1. The fourth-order valence-corrected chi connectivity index (χ4v) is 1.30. The molecule has 20 heavy (non-hydrogen) atoms. The molecule has 2 aromatic rings. The fraction of sp³-hybridized carbons (Fsp3) is 0.143. The second kappa shape index (κ2) is 8.12. The molecule has 1 aromatic heterocycles. The van der Waals surface area contributed by atoms with E-state index in [1.807, 2.05) is 6.07 Å². The van der Waals surface area contributed by atoms with E-state index in [0.29, 0.717) is 10.8 Å². The monoisotopic (exact) mass is 297 g/mol. The van der Waals surface area contributed by atoms with Crippen LogP contribution in [0.15, 0.2) is 48.8 Å². The molecular formula is C14H13ClFNO3. The molecule has 0 unspecified atom stereocenters. The topological polar surface area (TPSA) is 59.4 Å². The minimum absolute atomic E-state index is 0.324. The van der Waals surface area contributed by atoms with Crippen LogP contribution in [-0.2, 0) is 4.79 Å². The van der Waals surface area contributed by atoms with Crippen LogP contribution in [0.4, 0.5) is 4.39 Å². The van der Waals surface area contributed by atoms with Gasteiger partial charge in [0.15, 0.2) is 6.10 Å². The first kappa shape index (κ1) is 15.9. The summed E-state index contributed by atoms with van der Waals surface area (Å²) in [5.74, 6) is -0.788. The van der Waals surface area contributed by atoms with Crippen LogP contribution in [0.25, 0.3) is 0 Å². The zero-order chi connectivity index (χ0) is 15.0. The molecule has 1 aromatic carbocycles. The van der Waals surface area contributed by atoms with Gasteiger partial charge in [0.25, 0.3) is 0 Å². The number of benzene rings is 1. The van der Waals surface area contributed by atoms with Gasteiger partial charge in [0.2, 0.25) is 0 Å². The second-order valence-electron chi connectivity index (χ2n) is 3.73. The van der Waals surface area contributed by atoms with E-state index >= 15 is 0 Å². The van der Waals surface area contributed by atoms with Crippen LogP contribution < -0.4 is 4.74 Å². The third-order valence-electron chi connectivity index (χ3n) is 2.08. The highest BCUT2D eigenvalue weighted by molar-refractivity contribution is 6.30. The molecule has 0 radical (unpaired) electrons. The molecule has 1 atom stereocenters. The van der Waals surface area contributed by atoms with Crippen molar-refractivity contribution in [1.29, 1.82) is 0 Å². The molecule has 0 saturated carbocycles. The molecular weight excluding hydrogens is 285 g/mol. The summed E-state index contributed by atoms with van der Waals surface area (Å²) < 4.78 is 17.1. The summed E-state index contributed by atoms with van der Waals surface area (Å²) in [5.41, 5.74) is 0. The Balaban J connectivity index is 0.000000217. The SMILES string of the molecule is C[C@@H](Oc1ccccc1)C(=O)O.Fc1cncc(Cl)c1. The maximum absolute atomic E-state index is 12.0. The lowest BCUT2D eigenvalue weighted by Crippen LogP contribution is -2.22. The number of nitrogens with zero attached hydrogens (tertiary/aromatic N) is 1. The fourth-order valence-electron chi connectivity index (χ4n) is 1.14. The van der Waals surface area contributed by atoms with Crippen LogP contribution in [0.3, 0.4) is 0 Å². The summed E-state index contributed by atoms with van der Waals surface area (Å²) in [4.78, 5) is 13.9. The number of carboxylic acid groups (broad SMARTS) is 1. The van der Waals surface area contributed by atoms with Gasteiger partial charge in [-0.1, -0.05) is 29.8 Å². The molecule has 106 valence electrons. The number of ether oxygens (including phenoxy) is 1. The van der Waals surface area contributed by atoms with Crippen molar-refractivity contribution < 1.29 is 19.0 Å². The average Bonchev–Trinajstić information content (AvgIpc) is 2.40. The van der Waals surface area contributed by atoms with Gasteiger partial charge >= 0.3 is 5.97 Å². The number of carboxylic acids is 1. The first-order chi connectivity index (χ1) is 9.49. The largest absolute Gasteiger partial charge is 0.479 e. The molecule has 0 aliphatic carbocycles. The van der Waals surface area contributed by atoms with E-state index < -0.39 is 17.9 Å². The summed E-state index contributed by atoms with van der Waals surface area (Å²) in [7, 11) is 0. The van der Waals surface area contributed by atoms with E-state index in [1.54, 1.807) is 24.3 Å². The minimum Gasteiger partial charge on any atom is -0.479 e. The van der Waals surface area contributed by atoms with Gasteiger partial charge < -0.3 is 9.84 Å². The molecule has 1 N–H and O–H groups in total. The molecule has 1 heterocycles. The van der Waals surface area contributed by atoms with Crippen LogP contribution >= 0.6 is 11.6 Å². The van der Waals surface area contributed by atoms with E-state index in [-0.39, 0.29) is 0 Å². The molecule has 0 fully saturated rings. The quantitative estimate of drug-likeness (QED) is 0.943. The van der Waals surface area contributed by atoms with E-state index in [4.69, 9.17) is 21.4 Å². The molecule has 6 heteroatoms. The van der Waals surface area contributed by atoms with Gasteiger partial charge in [0.05, 0.1) is 11.2 Å². The van der Waals surface area contributed by atoms with Crippen molar-refractivity contribution >= 4 is 17.6 Å². The predicted molar refractivity (Wildman–Crippen MR) is 73.4 cm³/mol. The maximum Gasteiger partial charge on any atom is 0.344 e. The van der Waals surface area contributed by atoms with Crippen molar-refractivity contribution in [3.63, 3.8) is 0 Å². The number of hydrogen-bond donors (Lipinski definition) is 1. The Kier molecular flexibility index (Phi) is 6.46. The maximum atomic E-state index is 12.0. The van der Waals surface area contributed by atoms with Crippen LogP contribution in [0.1, 0.15) is 6.92 Å². The lowest BCUT2D eigenvalue weighted by Gasteiger charge is -2.09. The Morgan fingerprint density at radius 2 is 2.00 bits per heavy atom. The van der Waals surface area contributed by atoms with Crippen LogP contribution in [0.2, 0.25) is 5.02 Å². The molecule has 0 amide bonds. The Morgan fingerprint density at radius 1 is 1.35 bits per heavy atom. The van der Waals surface area contributed by atoms with Crippen molar-refractivity contribution in [2.45, 2.75) is 13.0 Å². The lowest BCUT2D eigenvalue weighted by molar-refractivity contribution is -0.144. The van der Waals surface area contributed by atoms with E-state index in [2.05, 4.69) is 4.98 Å². The number of hydrogen-bond acceptors (Lipinski definition) is 3. The van der Waals surface area contributed by atoms with Crippen molar-refractivity contribution in [2.24, 2.45) is 0 Å². The average molecular weight is 298 g/mol. The summed E-state index contributed by atoms with van der Waals surface area (Å²) in [6.45, 7) is 1.50. The van der Waals surface area contributed by atoms with Crippen molar-refractivity contribution in [1.82, 2.24) is 4.98 Å². The number of rotatable bonds is 3. The lowest BCUT2D eigenvalue weighted by atomic mass is 10.3. The minimum atomic E-state index is -0.959. The highest BCUT2D eigenvalue weighted by atomic mass is 35.5. The van der Waals surface area contributed by atoms with Gasteiger partial charge in [-0.2, -0.15) is 0 Å². The van der Waals surface area contributed by atoms with Crippen molar-refractivity contribution in [3.05, 3.63) is 59.6 Å². The highest BCUT2D eigenvalue weighted by Crippen LogP contribution is 2.10. The van der Waals surface area contributed by atoms with E-state index in [0.717, 1.165) is 6.20 Å². The van der Waals surface area contributed by atoms with Gasteiger partial charge in [-0.15, -0.1) is 0 Å². The van der Waals surface area contributed by atoms with Gasteiger partial charge in [0, 0.05) is 6.20 Å². The summed E-state index contributed by atoms with van der Waals surface area (Å²) >= 11 is 5.34. The Labute approximate surface area is 120 Å². The van der Waals surface area contributed by atoms with Gasteiger partial charge in [-0.25, -0.2) is 9.18 Å². The first-order valence-electron chi connectivity index (χ1n) is 5.69. The molecule has 2 rings (SSSR count). The predicted octanol–water partition coefficient (Wildman–Crippen LogP) is 3.41. The zero-order valence-electron chi connectivity index (χ0n) is 10.7. The first-order valence-corrected chi connectivity index (χ1v) is 6.07. The number of aliphatic carboxylic acids is 1. The molecule has 0 aliphatic heterocycles. The number of aromatic nitrogens is 1. The third-order valence-corrected chi connectivity index (χ3v) is 2.28. The summed E-state index contributed by atoms with van der Waals surface area (Å²) in [6, 6.07) is 10.1. The normalized spacial score (nSPS) is 10.9. The Morgan fingerprint density at radius 3 is 2.45 bits per heavy atom. The number of pyridine rings is 1. The number of para-hydroxylation sites is 1. The highest BCUT2D eigenvalue weighted by Gasteiger charge is 2.11. The third kappa shape index (κ3) is 6.15. The van der Waals surface area contributed by atoms with Crippen molar-refractivity contribution in [2.75, 3.05) is 0 Å². The Bertz CT molecular complexity index is 534. The Hall–Kier alpha value is -2.14. The standard InChI is InChI=1S/C9H10O3.C5H3ClFN/c1-7(9(10)11)12-8-5-3-2-4-6-8;6-4-1-5(7)3-8-2-4/h2-7H,1H3,(H,10,11);1-3H/t7-;/m1./s1. The van der Waals surface area contributed by atoms with Gasteiger partial charge in [-0.3, -0.25) is 4.98 Å². The van der Waals surface area contributed by atoms with Crippen LogP contribution in [-0.4, -0.2) is 22.2 Å². The molecule has 4 nitrogen and oxygen atoms in total. The van der Waals surface area contributed by atoms with Gasteiger partial charge in [0.1, 0.15) is 11.6 Å². The van der Waals surface area contributed by atoms with E-state index in [9.17, 15) is 9.18 Å². The molecule has 0 bridgehead atoms. The molecule has 0 saturated heterocycles. The smallest absolute Gasteiger partial charge is 0.344 e. The molecule has 0 aliphatic rings. The van der Waals surface area contributed by atoms with Crippen LogP contribution in [0.5, 0.6) is 5.75 Å². The molecule has 0 spiro atoms. The van der Waals surface area contributed by atoms with Crippen LogP contribution in [0, 0.1) is 5.82 Å². The second-order valence-corrected chi connectivity index (χ2v) is 4.17.